The number of amides is 3. The molecule has 3 fully saturated rings. The van der Waals surface area contributed by atoms with Gasteiger partial charge in [-0.2, -0.15) is 0 Å². The van der Waals surface area contributed by atoms with Gasteiger partial charge in [0.05, 0.1) is 6.04 Å². The smallest absolute Gasteiger partial charge is 0.265 e. The standard InChI is InChI=1S/C25H30F3N3O4/c1-25(28,16-5-3-6-17(27)11-16)24(35)31-13-15-4-2-7-18(15)21(31)23(34)30-19(20(32)12-26)10-14-8-9-29-22(14)33/h3,5-6,11,14-15,18-19,21H,2,4,7-10,12-13H2,1H3,(H,29,33)(H,30,34)/t14?,15-,18-,19-,21-,25?/m0/s1. The number of nitrogens with zero attached hydrogens (tertiary/aromatic N) is 1. The summed E-state index contributed by atoms with van der Waals surface area (Å²) in [6.07, 6.45) is 2.71. The number of alkyl halides is 2. The molecular formula is C25H30F3N3O4. The van der Waals surface area contributed by atoms with Crippen molar-refractivity contribution < 1.29 is 32.3 Å². The molecule has 6 atom stereocenters. The van der Waals surface area contributed by atoms with Crippen LogP contribution in [0.25, 0.3) is 0 Å². The lowest BCUT2D eigenvalue weighted by Gasteiger charge is -2.33. The molecular weight excluding hydrogens is 463 g/mol. The zero-order valence-corrected chi connectivity index (χ0v) is 19.6. The van der Waals surface area contributed by atoms with E-state index < -0.39 is 53.8 Å². The van der Waals surface area contributed by atoms with Crippen LogP contribution in [-0.2, 0) is 24.8 Å². The van der Waals surface area contributed by atoms with Crippen LogP contribution in [0.5, 0.6) is 0 Å². The SMILES string of the molecule is CC(F)(C(=O)N1C[C@@H]2CCC[C@@H]2[C@H]1C(=O)N[C@@H](CC1CCNC1=O)C(=O)CF)c1cccc(F)c1. The van der Waals surface area contributed by atoms with Gasteiger partial charge in [0.15, 0.2) is 5.78 Å². The molecule has 2 heterocycles. The Balaban J connectivity index is 1.57. The normalized spacial score (nSPS) is 28.2. The molecule has 3 aliphatic rings. The largest absolute Gasteiger partial charge is 0.356 e. The molecule has 35 heavy (non-hydrogen) atoms. The second-order valence-corrected chi connectivity index (χ2v) is 9.94. The van der Waals surface area contributed by atoms with Crippen LogP contribution >= 0.6 is 0 Å². The summed E-state index contributed by atoms with van der Waals surface area (Å²) in [4.78, 5) is 52.3. The third-order valence-corrected chi connectivity index (χ3v) is 7.71. The van der Waals surface area contributed by atoms with Crippen molar-refractivity contribution in [3.8, 4) is 0 Å². The maximum atomic E-state index is 15.8. The van der Waals surface area contributed by atoms with Crippen LogP contribution in [0.3, 0.4) is 0 Å². The monoisotopic (exact) mass is 493 g/mol. The van der Waals surface area contributed by atoms with E-state index in [1.807, 2.05) is 0 Å². The summed E-state index contributed by atoms with van der Waals surface area (Å²) in [6.45, 7) is 0.350. The number of nitrogens with one attached hydrogen (secondary N) is 2. The number of Topliss-reactive ketones (excluding diaryl/α,β-unsaturated/α-hetero) is 1. The van der Waals surface area contributed by atoms with Crippen molar-refractivity contribution in [3.63, 3.8) is 0 Å². The number of likely N-dealkylation sites (tertiary alicyclic amines) is 1. The summed E-state index contributed by atoms with van der Waals surface area (Å²) >= 11 is 0. The van der Waals surface area contributed by atoms with Crippen molar-refractivity contribution in [3.05, 3.63) is 35.6 Å². The Labute approximate surface area is 201 Å². The predicted octanol–water partition coefficient (Wildman–Crippen LogP) is 2.19. The minimum absolute atomic E-state index is 0.00561. The Morgan fingerprint density at radius 3 is 2.69 bits per heavy atom. The second kappa shape index (κ2) is 9.99. The summed E-state index contributed by atoms with van der Waals surface area (Å²) in [7, 11) is 0. The molecule has 2 unspecified atom stereocenters. The van der Waals surface area contributed by atoms with Crippen molar-refractivity contribution in [1.82, 2.24) is 15.5 Å². The van der Waals surface area contributed by atoms with Gasteiger partial charge in [-0.15, -0.1) is 0 Å². The third-order valence-electron chi connectivity index (χ3n) is 7.71. The highest BCUT2D eigenvalue weighted by Crippen LogP contribution is 2.44. The van der Waals surface area contributed by atoms with Gasteiger partial charge >= 0.3 is 0 Å². The van der Waals surface area contributed by atoms with E-state index in [0.29, 0.717) is 19.4 Å². The maximum absolute atomic E-state index is 15.8. The molecule has 2 N–H and O–H groups in total. The average molecular weight is 494 g/mol. The molecule has 190 valence electrons. The summed E-state index contributed by atoms with van der Waals surface area (Å²) in [6, 6.07) is 2.46. The third kappa shape index (κ3) is 4.92. The van der Waals surface area contributed by atoms with E-state index in [0.717, 1.165) is 31.9 Å². The number of fused-ring (bicyclic) bond motifs is 1. The van der Waals surface area contributed by atoms with Gasteiger partial charge in [-0.05, 0) is 56.6 Å². The Bertz CT molecular complexity index is 1020. The Hall–Kier alpha value is -2.91. The zero-order valence-electron chi connectivity index (χ0n) is 19.6. The number of ketones is 1. The van der Waals surface area contributed by atoms with Gasteiger partial charge in [0.2, 0.25) is 17.5 Å². The van der Waals surface area contributed by atoms with Crippen molar-refractivity contribution in [1.29, 1.82) is 0 Å². The van der Waals surface area contributed by atoms with Crippen molar-refractivity contribution in [2.75, 3.05) is 19.8 Å². The summed E-state index contributed by atoms with van der Waals surface area (Å²) < 4.78 is 42.8. The topological polar surface area (TPSA) is 95.6 Å². The molecule has 4 rings (SSSR count). The minimum Gasteiger partial charge on any atom is -0.356 e. The number of hydrogen-bond donors (Lipinski definition) is 2. The zero-order chi connectivity index (χ0) is 25.3. The van der Waals surface area contributed by atoms with Gasteiger partial charge in [0.1, 0.15) is 18.5 Å². The molecule has 0 aromatic heterocycles. The van der Waals surface area contributed by atoms with Crippen LogP contribution in [0.4, 0.5) is 13.2 Å². The van der Waals surface area contributed by atoms with E-state index in [-0.39, 0.29) is 36.3 Å². The van der Waals surface area contributed by atoms with Gasteiger partial charge in [-0.25, -0.2) is 13.2 Å². The van der Waals surface area contributed by atoms with Gasteiger partial charge in [-0.3, -0.25) is 19.2 Å². The first kappa shape index (κ1) is 25.2. The fraction of sp³-hybridized carbons (Fsp3) is 0.600. The van der Waals surface area contributed by atoms with Crippen LogP contribution in [0.1, 0.15) is 44.6 Å². The Morgan fingerprint density at radius 2 is 2.03 bits per heavy atom. The lowest BCUT2D eigenvalue weighted by molar-refractivity contribution is -0.149. The Morgan fingerprint density at radius 1 is 1.26 bits per heavy atom. The van der Waals surface area contributed by atoms with E-state index >= 15 is 4.39 Å². The van der Waals surface area contributed by atoms with E-state index in [1.165, 1.54) is 17.0 Å². The molecule has 7 nitrogen and oxygen atoms in total. The molecule has 0 bridgehead atoms. The molecule has 0 spiro atoms. The quantitative estimate of drug-likeness (QED) is 0.581. The summed E-state index contributed by atoms with van der Waals surface area (Å²) in [5.41, 5.74) is -2.73. The van der Waals surface area contributed by atoms with Crippen molar-refractivity contribution >= 4 is 23.5 Å². The highest BCUT2D eigenvalue weighted by atomic mass is 19.1. The van der Waals surface area contributed by atoms with Crippen LogP contribution < -0.4 is 10.6 Å². The molecule has 0 radical (unpaired) electrons. The first-order chi connectivity index (χ1) is 16.6. The van der Waals surface area contributed by atoms with Crippen LogP contribution in [-0.4, -0.2) is 60.3 Å². The second-order valence-electron chi connectivity index (χ2n) is 9.94. The summed E-state index contributed by atoms with van der Waals surface area (Å²) in [5.74, 6) is -4.17. The molecule has 1 aromatic rings. The van der Waals surface area contributed by atoms with E-state index in [1.54, 1.807) is 0 Å². The van der Waals surface area contributed by atoms with E-state index in [2.05, 4.69) is 10.6 Å². The number of hydrogen-bond acceptors (Lipinski definition) is 4. The molecule has 1 saturated carbocycles. The van der Waals surface area contributed by atoms with Crippen molar-refractivity contribution in [2.24, 2.45) is 17.8 Å². The van der Waals surface area contributed by atoms with Crippen LogP contribution in [0.2, 0.25) is 0 Å². The average Bonchev–Trinajstić information content (AvgIpc) is 3.53. The highest BCUT2D eigenvalue weighted by molar-refractivity contribution is 5.96. The summed E-state index contributed by atoms with van der Waals surface area (Å²) in [5, 5.41) is 5.22. The first-order valence-electron chi connectivity index (χ1n) is 12.1. The lowest BCUT2D eigenvalue weighted by atomic mass is 9.91. The number of halogens is 3. The fourth-order valence-corrected chi connectivity index (χ4v) is 5.80. The van der Waals surface area contributed by atoms with Gasteiger partial charge in [0, 0.05) is 24.6 Å². The van der Waals surface area contributed by atoms with Crippen molar-refractivity contribution in [2.45, 2.75) is 56.8 Å². The molecule has 10 heteroatoms. The number of rotatable bonds is 8. The minimum atomic E-state index is -2.57. The van der Waals surface area contributed by atoms with Gasteiger partial charge in [0.25, 0.3) is 5.91 Å². The molecule has 3 amide bonds. The molecule has 2 saturated heterocycles. The first-order valence-corrected chi connectivity index (χ1v) is 12.1. The molecule has 1 aromatic carbocycles. The number of carbonyl (C=O) groups is 4. The molecule has 2 aliphatic heterocycles. The van der Waals surface area contributed by atoms with E-state index in [4.69, 9.17) is 0 Å². The molecule has 1 aliphatic carbocycles. The van der Waals surface area contributed by atoms with Gasteiger partial charge < -0.3 is 15.5 Å². The predicted molar refractivity (Wildman–Crippen MR) is 120 cm³/mol. The number of benzene rings is 1. The van der Waals surface area contributed by atoms with Gasteiger partial charge in [-0.1, -0.05) is 18.6 Å². The lowest BCUT2D eigenvalue weighted by Crippen LogP contribution is -2.55. The maximum Gasteiger partial charge on any atom is 0.265 e. The fourth-order valence-electron chi connectivity index (χ4n) is 5.80. The Kier molecular flexibility index (Phi) is 7.19. The number of carbonyl (C=O) groups excluding carboxylic acids is 4. The van der Waals surface area contributed by atoms with Crippen LogP contribution in [0.15, 0.2) is 24.3 Å². The van der Waals surface area contributed by atoms with Crippen LogP contribution in [0, 0.1) is 23.6 Å². The van der Waals surface area contributed by atoms with E-state index in [9.17, 15) is 28.0 Å². The highest BCUT2D eigenvalue weighted by Gasteiger charge is 2.53.